The Balaban J connectivity index is 1.67. The lowest BCUT2D eigenvalue weighted by Crippen LogP contribution is -2.42. The van der Waals surface area contributed by atoms with Crippen molar-refractivity contribution in [3.05, 3.63) is 35.9 Å². The van der Waals surface area contributed by atoms with Crippen LogP contribution >= 0.6 is 0 Å². The van der Waals surface area contributed by atoms with Gasteiger partial charge in [0.2, 0.25) is 5.91 Å². The van der Waals surface area contributed by atoms with Gasteiger partial charge in [-0.25, -0.2) is 4.79 Å². The van der Waals surface area contributed by atoms with Crippen molar-refractivity contribution in [3.8, 4) is 0 Å². The largest absolute Gasteiger partial charge is 0.481 e. The van der Waals surface area contributed by atoms with Crippen molar-refractivity contribution in [1.29, 1.82) is 0 Å². The maximum atomic E-state index is 12.1. The molecule has 3 amide bonds. The first kappa shape index (κ1) is 18.8. The van der Waals surface area contributed by atoms with Gasteiger partial charge < -0.3 is 20.2 Å². The lowest BCUT2D eigenvalue weighted by atomic mass is 9.97. The van der Waals surface area contributed by atoms with Crippen molar-refractivity contribution in [3.63, 3.8) is 0 Å². The van der Waals surface area contributed by atoms with Crippen molar-refractivity contribution in [2.45, 2.75) is 25.8 Å². The van der Waals surface area contributed by atoms with Gasteiger partial charge in [0.15, 0.2) is 0 Å². The predicted octanol–water partition coefficient (Wildman–Crippen LogP) is 1.54. The summed E-state index contributed by atoms with van der Waals surface area (Å²) in [7, 11) is 1.71. The normalized spacial score (nSPS) is 14.8. The molecule has 1 heterocycles. The first-order valence-electron chi connectivity index (χ1n) is 8.51. The Labute approximate surface area is 147 Å². The fourth-order valence-electron chi connectivity index (χ4n) is 2.87. The molecule has 0 saturated carbocycles. The summed E-state index contributed by atoms with van der Waals surface area (Å²) in [6.45, 7) is 1.72. The van der Waals surface area contributed by atoms with Gasteiger partial charge in [0.05, 0.1) is 5.92 Å². The third-order valence-electron chi connectivity index (χ3n) is 4.42. The van der Waals surface area contributed by atoms with E-state index in [1.807, 2.05) is 30.3 Å². The molecule has 2 rings (SSSR count). The number of benzene rings is 1. The van der Waals surface area contributed by atoms with Crippen LogP contribution in [0, 0.1) is 5.92 Å². The number of amides is 3. The Morgan fingerprint density at radius 1 is 1.20 bits per heavy atom. The molecule has 0 unspecified atom stereocenters. The average molecular weight is 347 g/mol. The van der Waals surface area contributed by atoms with E-state index in [0.29, 0.717) is 32.5 Å². The van der Waals surface area contributed by atoms with Crippen LogP contribution in [0.4, 0.5) is 4.79 Å². The summed E-state index contributed by atoms with van der Waals surface area (Å²) in [5.74, 6) is -1.19. The monoisotopic (exact) mass is 347 g/mol. The molecular formula is C18H25N3O4. The average Bonchev–Trinajstić information content (AvgIpc) is 2.62. The molecule has 1 fully saturated rings. The second-order valence-electron chi connectivity index (χ2n) is 6.32. The van der Waals surface area contributed by atoms with Gasteiger partial charge in [0.25, 0.3) is 0 Å². The number of carbonyl (C=O) groups is 3. The molecule has 7 heteroatoms. The number of hydrogen-bond acceptors (Lipinski definition) is 3. The quantitative estimate of drug-likeness (QED) is 0.817. The summed E-state index contributed by atoms with van der Waals surface area (Å²) < 4.78 is 0. The van der Waals surface area contributed by atoms with E-state index in [9.17, 15) is 14.4 Å². The summed E-state index contributed by atoms with van der Waals surface area (Å²) in [5, 5.41) is 11.7. The molecule has 1 aromatic carbocycles. The topological polar surface area (TPSA) is 90.0 Å². The van der Waals surface area contributed by atoms with Crippen molar-refractivity contribution in [2.24, 2.45) is 5.92 Å². The van der Waals surface area contributed by atoms with Crippen LogP contribution < -0.4 is 5.32 Å². The molecule has 1 saturated heterocycles. The number of nitrogens with one attached hydrogen (secondary N) is 1. The number of carbonyl (C=O) groups excluding carboxylic acids is 2. The van der Waals surface area contributed by atoms with Crippen LogP contribution in [-0.4, -0.2) is 59.5 Å². The first-order chi connectivity index (χ1) is 12.0. The minimum absolute atomic E-state index is 0.0464. The summed E-state index contributed by atoms with van der Waals surface area (Å²) >= 11 is 0. The van der Waals surface area contributed by atoms with E-state index in [1.165, 1.54) is 0 Å². The molecule has 1 aliphatic heterocycles. The van der Waals surface area contributed by atoms with Gasteiger partial charge in [-0.15, -0.1) is 0 Å². The second kappa shape index (κ2) is 9.05. The SMILES string of the molecule is CN(Cc1ccccc1)C(=O)NCCC(=O)N1CCC(C(=O)O)CC1. The first-order valence-corrected chi connectivity index (χ1v) is 8.51. The molecule has 1 aliphatic rings. The fourth-order valence-corrected chi connectivity index (χ4v) is 2.87. The van der Waals surface area contributed by atoms with Crippen LogP contribution in [-0.2, 0) is 16.1 Å². The lowest BCUT2D eigenvalue weighted by molar-refractivity contribution is -0.145. The van der Waals surface area contributed by atoms with Gasteiger partial charge in [-0.1, -0.05) is 30.3 Å². The number of rotatable bonds is 6. The molecule has 1 aromatic rings. The van der Waals surface area contributed by atoms with Crippen molar-refractivity contribution in [2.75, 3.05) is 26.7 Å². The van der Waals surface area contributed by atoms with Gasteiger partial charge in [0, 0.05) is 39.6 Å². The highest BCUT2D eigenvalue weighted by Gasteiger charge is 2.26. The van der Waals surface area contributed by atoms with Crippen molar-refractivity contribution < 1.29 is 19.5 Å². The van der Waals surface area contributed by atoms with Crippen LogP contribution in [0.2, 0.25) is 0 Å². The van der Waals surface area contributed by atoms with Gasteiger partial charge in [-0.05, 0) is 18.4 Å². The number of piperidine rings is 1. The second-order valence-corrected chi connectivity index (χ2v) is 6.32. The number of aliphatic carboxylic acids is 1. The van der Waals surface area contributed by atoms with Gasteiger partial charge >= 0.3 is 12.0 Å². The Morgan fingerprint density at radius 2 is 1.84 bits per heavy atom. The van der Waals surface area contributed by atoms with E-state index >= 15 is 0 Å². The van der Waals surface area contributed by atoms with Crippen LogP contribution in [0.5, 0.6) is 0 Å². The van der Waals surface area contributed by atoms with Crippen molar-refractivity contribution >= 4 is 17.9 Å². The number of urea groups is 1. The number of hydrogen-bond donors (Lipinski definition) is 2. The zero-order chi connectivity index (χ0) is 18.2. The summed E-state index contributed by atoms with van der Waals surface area (Å²) in [5.41, 5.74) is 1.04. The maximum absolute atomic E-state index is 12.1. The Bertz CT molecular complexity index is 598. The van der Waals surface area contributed by atoms with E-state index in [-0.39, 0.29) is 30.8 Å². The fraction of sp³-hybridized carbons (Fsp3) is 0.500. The summed E-state index contributed by atoms with van der Waals surface area (Å²) in [4.78, 5) is 38.3. The van der Waals surface area contributed by atoms with Crippen molar-refractivity contribution in [1.82, 2.24) is 15.1 Å². The minimum atomic E-state index is -0.791. The molecule has 0 aromatic heterocycles. The zero-order valence-corrected chi connectivity index (χ0v) is 14.5. The Morgan fingerprint density at radius 3 is 2.44 bits per heavy atom. The standard InChI is InChI=1S/C18H25N3O4/c1-20(13-14-5-3-2-4-6-14)18(25)19-10-7-16(22)21-11-8-15(9-12-21)17(23)24/h2-6,15H,7-13H2,1H3,(H,19,25)(H,23,24). The van der Waals surface area contributed by atoms with Gasteiger partial charge in [-0.3, -0.25) is 9.59 Å². The molecule has 0 radical (unpaired) electrons. The van der Waals surface area contributed by atoms with Crippen LogP contribution in [0.25, 0.3) is 0 Å². The predicted molar refractivity (Wildman–Crippen MR) is 92.9 cm³/mol. The van der Waals surface area contributed by atoms with E-state index in [0.717, 1.165) is 5.56 Å². The highest BCUT2D eigenvalue weighted by Crippen LogP contribution is 2.17. The van der Waals surface area contributed by atoms with E-state index in [2.05, 4.69) is 5.32 Å². The number of carboxylic acids is 1. The zero-order valence-electron chi connectivity index (χ0n) is 14.5. The molecule has 0 aliphatic carbocycles. The third-order valence-corrected chi connectivity index (χ3v) is 4.42. The maximum Gasteiger partial charge on any atom is 0.317 e. The van der Waals surface area contributed by atoms with E-state index < -0.39 is 5.97 Å². The minimum Gasteiger partial charge on any atom is -0.481 e. The Hall–Kier alpha value is -2.57. The van der Waals surface area contributed by atoms with Crippen LogP contribution in [0.15, 0.2) is 30.3 Å². The molecule has 7 nitrogen and oxygen atoms in total. The highest BCUT2D eigenvalue weighted by atomic mass is 16.4. The van der Waals surface area contributed by atoms with E-state index in [1.54, 1.807) is 16.8 Å². The number of carboxylic acid groups (broad SMARTS) is 1. The number of nitrogens with zero attached hydrogens (tertiary/aromatic N) is 2. The molecule has 0 atom stereocenters. The van der Waals surface area contributed by atoms with Gasteiger partial charge in [-0.2, -0.15) is 0 Å². The Kier molecular flexibility index (Phi) is 6.80. The third kappa shape index (κ3) is 5.77. The summed E-state index contributed by atoms with van der Waals surface area (Å²) in [6.07, 6.45) is 1.21. The molecular weight excluding hydrogens is 322 g/mol. The molecule has 2 N–H and O–H groups in total. The van der Waals surface area contributed by atoms with Crippen LogP contribution in [0.1, 0.15) is 24.8 Å². The van der Waals surface area contributed by atoms with Crippen LogP contribution in [0.3, 0.4) is 0 Å². The highest BCUT2D eigenvalue weighted by molar-refractivity contribution is 5.78. The van der Waals surface area contributed by atoms with E-state index in [4.69, 9.17) is 5.11 Å². The molecule has 136 valence electrons. The lowest BCUT2D eigenvalue weighted by Gasteiger charge is -2.30. The molecule has 25 heavy (non-hydrogen) atoms. The summed E-state index contributed by atoms with van der Waals surface area (Å²) in [6, 6.07) is 9.46. The molecule has 0 spiro atoms. The molecule has 0 bridgehead atoms. The van der Waals surface area contributed by atoms with Gasteiger partial charge in [0.1, 0.15) is 0 Å². The number of likely N-dealkylation sites (tertiary alicyclic amines) is 1. The smallest absolute Gasteiger partial charge is 0.317 e.